The number of hydrogen-bond donors (Lipinski definition) is 2. The van der Waals surface area contributed by atoms with E-state index in [1.807, 2.05) is 13.8 Å². The van der Waals surface area contributed by atoms with Crippen molar-refractivity contribution < 1.29 is 19.4 Å². The van der Waals surface area contributed by atoms with Crippen molar-refractivity contribution in [3.8, 4) is 17.6 Å². The number of phenols is 1. The van der Waals surface area contributed by atoms with Crippen molar-refractivity contribution in [2.24, 2.45) is 11.1 Å². The van der Waals surface area contributed by atoms with Crippen LogP contribution in [0.25, 0.3) is 0 Å². The molecular formula is C20H21ClN2O4. The minimum Gasteiger partial charge on any atom is -0.503 e. The van der Waals surface area contributed by atoms with Crippen LogP contribution in [0.15, 0.2) is 34.9 Å². The minimum absolute atomic E-state index is 0.0195. The lowest BCUT2D eigenvalue weighted by molar-refractivity contribution is -0.119. The number of carbonyl (C=O) groups is 1. The Kier molecular flexibility index (Phi) is 4.83. The lowest BCUT2D eigenvalue weighted by atomic mass is 9.70. The molecule has 1 heterocycles. The van der Waals surface area contributed by atoms with E-state index < -0.39 is 5.92 Å². The highest BCUT2D eigenvalue weighted by atomic mass is 35.5. The fraction of sp³-hybridized carbons (Fsp3) is 0.400. The second-order valence-electron chi connectivity index (χ2n) is 7.49. The van der Waals surface area contributed by atoms with Crippen LogP contribution in [0.5, 0.6) is 11.5 Å². The van der Waals surface area contributed by atoms with Crippen molar-refractivity contribution in [1.29, 1.82) is 5.26 Å². The number of Topliss-reactive ketones (excluding diaryl/α,β-unsaturated/α-hetero) is 1. The Morgan fingerprint density at radius 1 is 1.44 bits per heavy atom. The number of ketones is 1. The molecule has 1 atom stereocenters. The molecule has 3 N–H and O–H groups in total. The Labute approximate surface area is 162 Å². The molecule has 1 aromatic carbocycles. The number of ether oxygens (including phenoxy) is 2. The lowest BCUT2D eigenvalue weighted by Gasteiger charge is -2.37. The van der Waals surface area contributed by atoms with Crippen molar-refractivity contribution in [3.05, 3.63) is 45.5 Å². The van der Waals surface area contributed by atoms with Gasteiger partial charge < -0.3 is 20.3 Å². The van der Waals surface area contributed by atoms with Crippen LogP contribution in [0, 0.1) is 16.7 Å². The number of aromatic hydroxyl groups is 1. The van der Waals surface area contributed by atoms with Crippen LogP contribution >= 0.6 is 11.6 Å². The van der Waals surface area contributed by atoms with Gasteiger partial charge in [0, 0.05) is 18.4 Å². The topological polar surface area (TPSA) is 106 Å². The Morgan fingerprint density at radius 2 is 2.15 bits per heavy atom. The van der Waals surface area contributed by atoms with Crippen LogP contribution in [0.3, 0.4) is 0 Å². The molecule has 2 aliphatic rings. The normalized spacial score (nSPS) is 21.4. The van der Waals surface area contributed by atoms with Gasteiger partial charge in [0.2, 0.25) is 5.88 Å². The van der Waals surface area contributed by atoms with Crippen molar-refractivity contribution in [2.75, 3.05) is 6.61 Å². The number of rotatable bonds is 3. The molecule has 0 saturated carbocycles. The molecule has 1 aromatic rings. The van der Waals surface area contributed by atoms with Crippen LogP contribution in [0.1, 0.15) is 45.1 Å². The summed E-state index contributed by atoms with van der Waals surface area (Å²) in [6, 6.07) is 5.17. The average molecular weight is 389 g/mol. The maximum atomic E-state index is 12.9. The number of halogens is 1. The van der Waals surface area contributed by atoms with Gasteiger partial charge in [0.1, 0.15) is 17.4 Å². The summed E-state index contributed by atoms with van der Waals surface area (Å²) >= 11 is 6.17. The smallest absolute Gasteiger partial charge is 0.205 e. The third-order valence-corrected chi connectivity index (χ3v) is 5.05. The highest BCUT2D eigenvalue weighted by molar-refractivity contribution is 6.32. The molecule has 3 rings (SSSR count). The molecule has 0 spiro atoms. The number of nitrogens with zero attached hydrogens (tertiary/aromatic N) is 1. The molecule has 0 fully saturated rings. The lowest BCUT2D eigenvalue weighted by Crippen LogP contribution is -2.33. The van der Waals surface area contributed by atoms with E-state index in [0.29, 0.717) is 36.3 Å². The Hall–Kier alpha value is -2.65. The Balaban J connectivity index is 2.22. The van der Waals surface area contributed by atoms with Crippen molar-refractivity contribution in [2.45, 2.75) is 39.5 Å². The first-order valence-corrected chi connectivity index (χ1v) is 9.05. The van der Waals surface area contributed by atoms with E-state index >= 15 is 0 Å². The van der Waals surface area contributed by atoms with Gasteiger partial charge in [-0.25, -0.2) is 0 Å². The summed E-state index contributed by atoms with van der Waals surface area (Å²) in [6.07, 6.45) is 0.878. The molecule has 142 valence electrons. The van der Waals surface area contributed by atoms with Gasteiger partial charge in [-0.3, -0.25) is 4.79 Å². The molecule has 0 bridgehead atoms. The van der Waals surface area contributed by atoms with Crippen molar-refractivity contribution in [3.63, 3.8) is 0 Å². The van der Waals surface area contributed by atoms with E-state index in [1.54, 1.807) is 13.0 Å². The molecule has 0 amide bonds. The largest absolute Gasteiger partial charge is 0.503 e. The molecule has 7 heteroatoms. The van der Waals surface area contributed by atoms with Gasteiger partial charge in [-0.05, 0) is 30.0 Å². The maximum Gasteiger partial charge on any atom is 0.205 e. The summed E-state index contributed by atoms with van der Waals surface area (Å²) in [5, 5.41) is 19.8. The van der Waals surface area contributed by atoms with E-state index in [1.165, 1.54) is 6.07 Å². The minimum atomic E-state index is -0.709. The highest BCUT2D eigenvalue weighted by Gasteiger charge is 2.43. The summed E-state index contributed by atoms with van der Waals surface area (Å²) in [5.74, 6) is -0.328. The predicted octanol–water partition coefficient (Wildman–Crippen LogP) is 3.90. The molecule has 6 nitrogen and oxygen atoms in total. The molecule has 0 saturated heterocycles. The summed E-state index contributed by atoms with van der Waals surface area (Å²) in [7, 11) is 0. The van der Waals surface area contributed by atoms with Crippen LogP contribution in [0.4, 0.5) is 0 Å². The van der Waals surface area contributed by atoms with E-state index in [0.717, 1.165) is 0 Å². The van der Waals surface area contributed by atoms with Gasteiger partial charge in [-0.1, -0.05) is 25.4 Å². The molecular weight excluding hydrogens is 368 g/mol. The molecule has 1 aliphatic carbocycles. The van der Waals surface area contributed by atoms with Gasteiger partial charge in [-0.15, -0.1) is 0 Å². The Bertz CT molecular complexity index is 925. The first-order chi connectivity index (χ1) is 12.7. The second kappa shape index (κ2) is 6.82. The predicted molar refractivity (Wildman–Crippen MR) is 100.0 cm³/mol. The fourth-order valence-electron chi connectivity index (χ4n) is 3.64. The first kappa shape index (κ1) is 19.1. The number of allylic oxidation sites excluding steroid dienone is 3. The van der Waals surface area contributed by atoms with Gasteiger partial charge >= 0.3 is 0 Å². The molecule has 27 heavy (non-hydrogen) atoms. The molecule has 0 aromatic heterocycles. The summed E-state index contributed by atoms with van der Waals surface area (Å²) < 4.78 is 11.1. The van der Waals surface area contributed by atoms with Gasteiger partial charge in [0.25, 0.3) is 0 Å². The number of nitrogens with two attached hydrogens (primary N) is 1. The zero-order valence-electron chi connectivity index (χ0n) is 15.4. The van der Waals surface area contributed by atoms with E-state index in [-0.39, 0.29) is 39.2 Å². The third-order valence-electron chi connectivity index (χ3n) is 4.76. The van der Waals surface area contributed by atoms with Crippen molar-refractivity contribution in [1.82, 2.24) is 0 Å². The fourth-order valence-corrected chi connectivity index (χ4v) is 3.86. The zero-order valence-corrected chi connectivity index (χ0v) is 16.2. The Morgan fingerprint density at radius 3 is 2.78 bits per heavy atom. The van der Waals surface area contributed by atoms with Crippen molar-refractivity contribution >= 4 is 17.4 Å². The second-order valence-corrected chi connectivity index (χ2v) is 7.89. The quantitative estimate of drug-likeness (QED) is 0.813. The SMILES string of the molecule is CCOc1cc([C@@H]2C(C#N)=C(N)OC3=C2C(=O)CC(C)(C)C3)cc(Cl)c1O. The monoisotopic (exact) mass is 388 g/mol. The number of nitriles is 1. The summed E-state index contributed by atoms with van der Waals surface area (Å²) in [5.41, 5.74) is 6.85. The number of carbonyl (C=O) groups excluding carboxylic acids is 1. The zero-order chi connectivity index (χ0) is 19.9. The van der Waals surface area contributed by atoms with Crippen LogP contribution in [-0.2, 0) is 9.53 Å². The number of hydrogen-bond acceptors (Lipinski definition) is 6. The third kappa shape index (κ3) is 3.35. The van der Waals surface area contributed by atoms with Gasteiger partial charge in [0.05, 0.1) is 17.5 Å². The molecule has 1 aliphatic heterocycles. The summed E-state index contributed by atoms with van der Waals surface area (Å²) in [4.78, 5) is 12.9. The van der Waals surface area contributed by atoms with Crippen LogP contribution in [-0.4, -0.2) is 17.5 Å². The maximum absolute atomic E-state index is 12.9. The summed E-state index contributed by atoms with van der Waals surface area (Å²) in [6.45, 7) is 6.07. The van der Waals surface area contributed by atoms with E-state index in [9.17, 15) is 15.2 Å². The number of phenolic OH excluding ortho intramolecular Hbond substituents is 1. The van der Waals surface area contributed by atoms with E-state index in [4.69, 9.17) is 26.8 Å². The number of benzene rings is 1. The highest BCUT2D eigenvalue weighted by Crippen LogP contribution is 2.49. The van der Waals surface area contributed by atoms with Crippen LogP contribution in [0.2, 0.25) is 5.02 Å². The molecule has 0 radical (unpaired) electrons. The first-order valence-electron chi connectivity index (χ1n) is 8.67. The standard InChI is InChI=1S/C20H21ClN2O4/c1-4-26-14-6-10(5-12(21)18(14)25)16-11(9-22)19(23)27-15-8-20(2,3)7-13(24)17(15)16/h5-6,16,25H,4,7-8,23H2,1-3H3/t16-/m1/s1. The van der Waals surface area contributed by atoms with Gasteiger partial charge in [0.15, 0.2) is 17.3 Å². The van der Waals surface area contributed by atoms with E-state index in [2.05, 4.69) is 6.07 Å². The molecule has 0 unspecified atom stereocenters. The average Bonchev–Trinajstić information content (AvgIpc) is 2.56. The van der Waals surface area contributed by atoms with Gasteiger partial charge in [-0.2, -0.15) is 5.26 Å². The van der Waals surface area contributed by atoms with Crippen LogP contribution < -0.4 is 10.5 Å².